The molecular formula is C75H61Br4Cl4IN8O16. The second-order valence-corrected chi connectivity index (χ2v) is 27.0. The third-order valence-electron chi connectivity index (χ3n) is 14.5. The van der Waals surface area contributed by atoms with Crippen molar-refractivity contribution in [1.82, 2.24) is 40.8 Å². The number of hydrogen-bond acceptors (Lipinski definition) is 20. The average molecular weight is 1920 g/mol. The van der Waals surface area contributed by atoms with Gasteiger partial charge in [-0.2, -0.15) is 20.4 Å². The Labute approximate surface area is 685 Å². The smallest absolute Gasteiger partial charge is 0.404 e. The zero-order valence-electron chi connectivity index (χ0n) is 56.9. The molecule has 12 aromatic rings. The highest BCUT2D eigenvalue weighted by Crippen LogP contribution is 2.41. The summed E-state index contributed by atoms with van der Waals surface area (Å²) >= 11 is 35.3. The fourth-order valence-corrected chi connectivity index (χ4v) is 12.1. The first-order valence-electron chi connectivity index (χ1n) is 31.6. The lowest BCUT2D eigenvalue weighted by molar-refractivity contribution is -0.139. The number of ether oxygens (including phenoxy) is 12. The molecule has 0 unspecified atom stereocenters. The maximum atomic E-state index is 9.82. The molecule has 0 fully saturated rings. The van der Waals surface area contributed by atoms with Crippen molar-refractivity contribution in [2.45, 2.75) is 20.8 Å². The van der Waals surface area contributed by atoms with Crippen LogP contribution in [0.25, 0.3) is 90.1 Å². The van der Waals surface area contributed by atoms with Crippen LogP contribution in [0.1, 0.15) is 20.8 Å². The second kappa shape index (κ2) is 42.4. The van der Waals surface area contributed by atoms with Gasteiger partial charge in [0.2, 0.25) is 27.2 Å². The number of halogens is 9. The molecular weight excluding hydrogens is 1860 g/mol. The summed E-state index contributed by atoms with van der Waals surface area (Å²) in [5, 5.41) is 29.8. The Bertz CT molecular complexity index is 4400. The molecule has 4 aromatic heterocycles. The van der Waals surface area contributed by atoms with Crippen molar-refractivity contribution in [3.05, 3.63) is 212 Å². The van der Waals surface area contributed by atoms with Crippen LogP contribution < -0.4 is 37.9 Å². The van der Waals surface area contributed by atoms with E-state index < -0.39 is 5.43 Å². The largest absolute Gasteiger partial charge is 0.455 e. The molecule has 0 atom stereocenters. The summed E-state index contributed by atoms with van der Waals surface area (Å²) in [7, 11) is 0. The highest BCUT2D eigenvalue weighted by molar-refractivity contribution is 14.1. The van der Waals surface area contributed by atoms with Crippen LogP contribution in [0.5, 0.6) is 46.0 Å². The number of nitrogens with one attached hydrogen (secondary N) is 4. The van der Waals surface area contributed by atoms with Gasteiger partial charge in [0.15, 0.2) is 64.2 Å². The van der Waals surface area contributed by atoms with E-state index in [2.05, 4.69) is 135 Å². The van der Waals surface area contributed by atoms with Gasteiger partial charge in [-0.1, -0.05) is 147 Å². The van der Waals surface area contributed by atoms with Gasteiger partial charge in [-0.15, -0.1) is 0 Å². The maximum absolute atomic E-state index is 9.82. The van der Waals surface area contributed by atoms with E-state index in [9.17, 15) is 19.2 Å². The monoisotopic (exact) mass is 1910 g/mol. The van der Waals surface area contributed by atoms with Crippen molar-refractivity contribution in [3.8, 4) is 136 Å². The van der Waals surface area contributed by atoms with Crippen molar-refractivity contribution in [3.63, 3.8) is 0 Å². The summed E-state index contributed by atoms with van der Waals surface area (Å²) in [4.78, 5) is 38.8. The number of benzene rings is 8. The molecule has 4 aliphatic rings. The van der Waals surface area contributed by atoms with E-state index in [4.69, 9.17) is 72.7 Å². The van der Waals surface area contributed by atoms with E-state index in [1.54, 1.807) is 0 Å². The summed E-state index contributed by atoms with van der Waals surface area (Å²) in [5.41, 5.74) is 14.9. The first-order chi connectivity index (χ1) is 52.3. The van der Waals surface area contributed by atoms with E-state index in [1.807, 2.05) is 217 Å². The van der Waals surface area contributed by atoms with Gasteiger partial charge in [-0.25, -0.2) is 4.79 Å². The van der Waals surface area contributed by atoms with E-state index in [-0.39, 0.29) is 63.3 Å². The van der Waals surface area contributed by atoms with Gasteiger partial charge in [0.25, 0.3) is 0 Å². The van der Waals surface area contributed by atoms with E-state index in [0.717, 1.165) is 154 Å². The number of aromatic amines is 4. The predicted octanol–water partition coefficient (Wildman–Crippen LogP) is 20.9. The van der Waals surface area contributed by atoms with Crippen LogP contribution in [0.3, 0.4) is 0 Å². The number of rotatable bonds is 12. The number of carbonyl (C=O) groups is 4. The normalized spacial score (nSPS) is 11.5. The van der Waals surface area contributed by atoms with Gasteiger partial charge in [0, 0.05) is 94.8 Å². The number of carbonyl (C=O) groups excluding carboxylic acids is 4. The van der Waals surface area contributed by atoms with Crippen LogP contribution >= 0.6 is 133 Å². The third kappa shape index (κ3) is 25.4. The van der Waals surface area contributed by atoms with E-state index >= 15 is 0 Å². The minimum Gasteiger partial charge on any atom is -0.455 e. The summed E-state index contributed by atoms with van der Waals surface area (Å²) < 4.78 is 64.2. The molecule has 0 saturated carbocycles. The van der Waals surface area contributed by atoms with Crippen LogP contribution in [0.4, 0.5) is 4.79 Å². The van der Waals surface area contributed by atoms with Crippen molar-refractivity contribution in [2.24, 2.45) is 0 Å². The molecule has 16 rings (SSSR count). The molecule has 33 heteroatoms. The van der Waals surface area contributed by atoms with Gasteiger partial charge in [-0.3, -0.25) is 34.8 Å². The lowest BCUT2D eigenvalue weighted by Gasteiger charge is -1.99. The Balaban J connectivity index is 0.000000151. The summed E-state index contributed by atoms with van der Waals surface area (Å²) in [6, 6.07) is 63.5. The fraction of sp³-hybridized carbons (Fsp3) is 0.147. The van der Waals surface area contributed by atoms with Crippen molar-refractivity contribution in [2.75, 3.05) is 50.0 Å². The van der Waals surface area contributed by atoms with Gasteiger partial charge in [0.1, 0.15) is 4.61 Å². The molecule has 8 aromatic carbocycles. The number of nitrogens with zero attached hydrogens (tertiary/aromatic N) is 4. The van der Waals surface area contributed by atoms with Crippen LogP contribution in [0.15, 0.2) is 212 Å². The topological polar surface area (TPSA) is 294 Å². The first-order valence-corrected chi connectivity index (χ1v) is 38.3. The van der Waals surface area contributed by atoms with Gasteiger partial charge in [-0.05, 0) is 168 Å². The van der Waals surface area contributed by atoms with Crippen molar-refractivity contribution >= 4 is 156 Å². The van der Waals surface area contributed by atoms with Crippen molar-refractivity contribution in [1.29, 1.82) is 0 Å². The Kier molecular flexibility index (Phi) is 32.5. The minimum atomic E-state index is -0.870. The Hall–Kier alpha value is -9.31. The number of esters is 3. The van der Waals surface area contributed by atoms with Crippen molar-refractivity contribution < 1.29 is 76.0 Å². The molecule has 0 spiro atoms. The number of H-pyrrole nitrogens is 4. The molecule has 0 radical (unpaired) electrons. The Morgan fingerprint density at radius 3 is 0.759 bits per heavy atom. The molecule has 0 aliphatic carbocycles. The number of fused-ring (bicyclic) bond motifs is 4. The zero-order chi connectivity index (χ0) is 76.9. The predicted molar refractivity (Wildman–Crippen MR) is 432 cm³/mol. The van der Waals surface area contributed by atoms with E-state index in [0.29, 0.717) is 4.61 Å². The molecule has 24 nitrogen and oxygen atoms in total. The highest BCUT2D eigenvalue weighted by Gasteiger charge is 2.20. The third-order valence-corrected chi connectivity index (χ3v) is 17.2. The quantitative estimate of drug-likeness (QED) is 0.0290. The number of alkyl halides is 4. The molecule has 4 aliphatic heterocycles. The maximum Gasteiger partial charge on any atom is 0.404 e. The summed E-state index contributed by atoms with van der Waals surface area (Å²) in [6.07, 6.45) is 0. The molecule has 4 N–H and O–H groups in total. The Morgan fingerprint density at radius 1 is 0.343 bits per heavy atom. The van der Waals surface area contributed by atoms with Crippen LogP contribution in [0.2, 0.25) is 0 Å². The lowest BCUT2D eigenvalue weighted by atomic mass is 10.1. The van der Waals surface area contributed by atoms with Crippen LogP contribution in [-0.2, 0) is 33.3 Å². The number of hydrogen-bond donors (Lipinski definition) is 4. The minimum absolute atomic E-state index is 0.0463. The fourth-order valence-electron chi connectivity index (χ4n) is 9.59. The number of aromatic nitrogens is 8. The first kappa shape index (κ1) is 82.7. The Morgan fingerprint density at radius 2 is 0.583 bits per heavy atom. The van der Waals surface area contributed by atoms with Crippen LogP contribution in [0, 0.1) is 0 Å². The van der Waals surface area contributed by atoms with Gasteiger partial charge >= 0.3 is 23.3 Å². The van der Waals surface area contributed by atoms with E-state index in [1.165, 1.54) is 20.8 Å². The molecule has 0 amide bonds. The SMILES string of the molecule is Brc1cccc(-c2cc(-c3ccc4c(c3)OCO4)[nH]n2)c1.Brc1cccc(-c2cc(-c3ccc4c(c3)OCO4)[nH]n2)c1.Brc1cccc(-c2cc(-c3ccc4c(c3)OCO4)[nH]n2)c1.Brc1cccc(-c2cc(-c3ccc4c(c3)OCO4)[nH]n2)c1.CC(=O)OCCl.CC(=O)OCCl.CC(=O)OCI.O=C(Cl)OCCl. The molecule has 0 bridgehead atoms. The van der Waals surface area contributed by atoms with Crippen LogP contribution in [-0.4, -0.2) is 114 Å². The molecule has 0 saturated heterocycles. The lowest BCUT2D eigenvalue weighted by Crippen LogP contribution is -1.93. The second-order valence-electron chi connectivity index (χ2n) is 21.7. The summed E-state index contributed by atoms with van der Waals surface area (Å²) in [5.74, 6) is 5.31. The molecule has 8 heterocycles. The zero-order valence-corrected chi connectivity index (χ0v) is 68.4. The van der Waals surface area contributed by atoms with Gasteiger partial charge in [0.05, 0.1) is 45.6 Å². The van der Waals surface area contributed by atoms with Gasteiger partial charge < -0.3 is 56.8 Å². The standard InChI is InChI=1S/4C16H11BrN2O2.2C3H5ClO2.C3H5IO2.C2H2Cl2O2/c4*17-12-3-1-2-10(6-12)13-8-14(19-18-13)11-4-5-15-16(7-11)21-9-20-15;3*1-3(5)6-2-4;3-1-6-2(4)5/h4*1-8H,9H2,(H,18,19);3*2H2,1H3;1H2. The highest BCUT2D eigenvalue weighted by atomic mass is 127. The summed E-state index contributed by atoms with van der Waals surface area (Å²) in [6.45, 7) is 5.13. The molecule has 108 heavy (non-hydrogen) atoms. The average Bonchev–Trinajstić information content (AvgIpc) is 1.68. The molecule has 560 valence electrons.